The molecule has 15 heteroatoms. The molecule has 0 saturated heterocycles. The Hall–Kier alpha value is -3.78. The third-order valence-electron chi connectivity index (χ3n) is 5.35. The molecule has 2 heterocycles. The standard InChI is InChI=1S/C23H25F6N5O4/c1-22(2,3)38-21(37)30-13(6-12-7-15(25)16(26)9-14(12)24)8-19(35)34-5-4-33-10-17(31-18(33)11-34)32-20(36)23(27,28)29/h7,9-10,13H,4-6,8,11H2,1-3H3,(H,30,37)(H,32,36). The van der Waals surface area contributed by atoms with Crippen molar-refractivity contribution in [3.05, 3.63) is 47.2 Å². The number of halogens is 6. The Kier molecular flexibility index (Phi) is 8.27. The fourth-order valence-corrected chi connectivity index (χ4v) is 3.69. The lowest BCUT2D eigenvalue weighted by Gasteiger charge is -2.30. The minimum absolute atomic E-state index is 0.119. The van der Waals surface area contributed by atoms with Crippen molar-refractivity contribution in [2.45, 2.75) is 64.5 Å². The Labute approximate surface area is 213 Å². The maximum absolute atomic E-state index is 14.3. The molecule has 2 N–H and O–H groups in total. The molecular weight excluding hydrogens is 524 g/mol. The number of benzene rings is 1. The highest BCUT2D eigenvalue weighted by atomic mass is 19.4. The van der Waals surface area contributed by atoms with Gasteiger partial charge in [0.2, 0.25) is 5.91 Å². The molecule has 1 aromatic heterocycles. The number of hydrogen-bond donors (Lipinski definition) is 2. The summed E-state index contributed by atoms with van der Waals surface area (Å²) in [5.41, 5.74) is -1.17. The summed E-state index contributed by atoms with van der Waals surface area (Å²) < 4.78 is 85.5. The Balaban J connectivity index is 1.73. The van der Waals surface area contributed by atoms with Gasteiger partial charge in [-0.2, -0.15) is 13.2 Å². The van der Waals surface area contributed by atoms with E-state index in [0.29, 0.717) is 12.1 Å². The van der Waals surface area contributed by atoms with Gasteiger partial charge in [-0.1, -0.05) is 0 Å². The third kappa shape index (κ3) is 7.61. The number of nitrogens with one attached hydrogen (secondary N) is 2. The number of rotatable bonds is 6. The van der Waals surface area contributed by atoms with Crippen LogP contribution in [0.15, 0.2) is 18.3 Å². The number of fused-ring (bicyclic) bond motifs is 1. The SMILES string of the molecule is CC(C)(C)OC(=O)NC(CC(=O)N1CCn2cc(NC(=O)C(F)(F)F)nc2C1)Cc1cc(F)c(F)cc1F. The van der Waals surface area contributed by atoms with E-state index in [2.05, 4.69) is 10.3 Å². The summed E-state index contributed by atoms with van der Waals surface area (Å²) >= 11 is 0. The molecule has 1 atom stereocenters. The monoisotopic (exact) mass is 549 g/mol. The smallest absolute Gasteiger partial charge is 0.444 e. The van der Waals surface area contributed by atoms with Crippen molar-refractivity contribution in [3.8, 4) is 0 Å². The number of ether oxygens (including phenoxy) is 1. The van der Waals surface area contributed by atoms with Crippen LogP contribution in [0.4, 0.5) is 37.0 Å². The number of carbonyl (C=O) groups is 3. The van der Waals surface area contributed by atoms with Crippen molar-refractivity contribution in [1.29, 1.82) is 0 Å². The molecule has 9 nitrogen and oxygen atoms in total. The number of alkyl carbamates (subject to hydrolysis) is 1. The van der Waals surface area contributed by atoms with Crippen LogP contribution < -0.4 is 10.6 Å². The van der Waals surface area contributed by atoms with Gasteiger partial charge >= 0.3 is 18.2 Å². The number of imidazole rings is 1. The van der Waals surface area contributed by atoms with E-state index in [-0.39, 0.29) is 43.3 Å². The van der Waals surface area contributed by atoms with E-state index in [1.807, 2.05) is 0 Å². The molecule has 0 aliphatic carbocycles. The highest BCUT2D eigenvalue weighted by molar-refractivity contribution is 5.94. The van der Waals surface area contributed by atoms with Crippen LogP contribution in [0.3, 0.4) is 0 Å². The van der Waals surface area contributed by atoms with Crippen LogP contribution in [0.5, 0.6) is 0 Å². The average molecular weight is 549 g/mol. The van der Waals surface area contributed by atoms with Crippen LogP contribution in [0.1, 0.15) is 38.6 Å². The van der Waals surface area contributed by atoms with Crippen molar-refractivity contribution in [2.75, 3.05) is 11.9 Å². The van der Waals surface area contributed by atoms with Crippen LogP contribution in [-0.4, -0.2) is 56.7 Å². The highest BCUT2D eigenvalue weighted by Crippen LogP contribution is 2.22. The Morgan fingerprint density at radius 1 is 1.05 bits per heavy atom. The molecule has 1 unspecified atom stereocenters. The zero-order chi connectivity index (χ0) is 28.4. The molecule has 0 bridgehead atoms. The fourth-order valence-electron chi connectivity index (χ4n) is 3.69. The normalized spacial score (nSPS) is 14.5. The van der Waals surface area contributed by atoms with E-state index in [4.69, 9.17) is 4.74 Å². The van der Waals surface area contributed by atoms with Crippen LogP contribution in [0.2, 0.25) is 0 Å². The maximum atomic E-state index is 14.3. The summed E-state index contributed by atoms with van der Waals surface area (Å²) in [6.45, 7) is 4.94. The lowest BCUT2D eigenvalue weighted by molar-refractivity contribution is -0.167. The van der Waals surface area contributed by atoms with Crippen LogP contribution in [0, 0.1) is 17.5 Å². The molecule has 38 heavy (non-hydrogen) atoms. The summed E-state index contributed by atoms with van der Waals surface area (Å²) in [5, 5.41) is 4.09. The van der Waals surface area contributed by atoms with Gasteiger partial charge < -0.3 is 24.8 Å². The average Bonchev–Trinajstić information content (AvgIpc) is 3.16. The molecule has 3 rings (SSSR count). The van der Waals surface area contributed by atoms with Gasteiger partial charge in [0.25, 0.3) is 0 Å². The predicted octanol–water partition coefficient (Wildman–Crippen LogP) is 3.67. The number of anilines is 1. The quantitative estimate of drug-likeness (QED) is 0.423. The molecular formula is C23H25F6N5O4. The van der Waals surface area contributed by atoms with E-state index in [0.717, 1.165) is 0 Å². The Morgan fingerprint density at radius 2 is 1.71 bits per heavy atom. The maximum Gasteiger partial charge on any atom is 0.471 e. The van der Waals surface area contributed by atoms with Crippen molar-refractivity contribution < 1.29 is 45.5 Å². The Morgan fingerprint density at radius 3 is 2.34 bits per heavy atom. The van der Waals surface area contributed by atoms with E-state index in [1.165, 1.54) is 15.7 Å². The van der Waals surface area contributed by atoms with Gasteiger partial charge in [0, 0.05) is 37.8 Å². The minimum atomic E-state index is -5.10. The molecule has 3 amide bonds. The van der Waals surface area contributed by atoms with Gasteiger partial charge in [-0.05, 0) is 38.8 Å². The number of alkyl halides is 3. The van der Waals surface area contributed by atoms with Crippen LogP contribution in [0.25, 0.3) is 0 Å². The van der Waals surface area contributed by atoms with Gasteiger partial charge in [-0.3, -0.25) is 9.59 Å². The summed E-state index contributed by atoms with van der Waals surface area (Å²) in [5.74, 6) is -6.64. The third-order valence-corrected chi connectivity index (χ3v) is 5.35. The first-order valence-electron chi connectivity index (χ1n) is 11.4. The number of amides is 3. The van der Waals surface area contributed by atoms with Gasteiger partial charge in [-0.15, -0.1) is 0 Å². The van der Waals surface area contributed by atoms with Crippen molar-refractivity contribution in [1.82, 2.24) is 19.8 Å². The predicted molar refractivity (Wildman–Crippen MR) is 120 cm³/mol. The van der Waals surface area contributed by atoms with Gasteiger partial charge in [0.15, 0.2) is 17.5 Å². The largest absolute Gasteiger partial charge is 0.471 e. The second-order valence-corrected chi connectivity index (χ2v) is 9.61. The fraction of sp³-hybridized carbons (Fsp3) is 0.478. The number of hydrogen-bond acceptors (Lipinski definition) is 5. The zero-order valence-corrected chi connectivity index (χ0v) is 20.6. The van der Waals surface area contributed by atoms with E-state index >= 15 is 0 Å². The summed E-state index contributed by atoms with van der Waals surface area (Å²) in [4.78, 5) is 41.8. The molecule has 0 saturated carbocycles. The number of aromatic nitrogens is 2. The van der Waals surface area contributed by atoms with Crippen LogP contribution in [-0.2, 0) is 33.8 Å². The molecule has 208 valence electrons. The molecule has 0 fully saturated rings. The molecule has 1 aromatic carbocycles. The molecule has 1 aliphatic rings. The zero-order valence-electron chi connectivity index (χ0n) is 20.6. The van der Waals surface area contributed by atoms with Gasteiger partial charge in [0.1, 0.15) is 17.2 Å². The van der Waals surface area contributed by atoms with Crippen molar-refractivity contribution >= 4 is 23.7 Å². The van der Waals surface area contributed by atoms with E-state index < -0.39 is 59.6 Å². The molecule has 0 radical (unpaired) electrons. The topological polar surface area (TPSA) is 106 Å². The first-order chi connectivity index (χ1) is 17.5. The lowest BCUT2D eigenvalue weighted by Crippen LogP contribution is -2.45. The second-order valence-electron chi connectivity index (χ2n) is 9.61. The van der Waals surface area contributed by atoms with Gasteiger partial charge in [-0.25, -0.2) is 22.9 Å². The van der Waals surface area contributed by atoms with Crippen molar-refractivity contribution in [3.63, 3.8) is 0 Å². The number of nitrogens with zero attached hydrogens (tertiary/aromatic N) is 3. The summed E-state index contributed by atoms with van der Waals surface area (Å²) in [7, 11) is 0. The Bertz CT molecular complexity index is 1220. The highest BCUT2D eigenvalue weighted by Gasteiger charge is 2.39. The van der Waals surface area contributed by atoms with E-state index in [1.54, 1.807) is 26.1 Å². The molecule has 2 aromatic rings. The number of carbonyl (C=O) groups excluding carboxylic acids is 3. The van der Waals surface area contributed by atoms with E-state index in [9.17, 15) is 40.7 Å². The lowest BCUT2D eigenvalue weighted by atomic mass is 10.0. The van der Waals surface area contributed by atoms with Crippen molar-refractivity contribution in [2.24, 2.45) is 0 Å². The van der Waals surface area contributed by atoms with Crippen LogP contribution >= 0.6 is 0 Å². The summed E-state index contributed by atoms with van der Waals surface area (Å²) in [6, 6.07) is -0.0932. The summed E-state index contributed by atoms with van der Waals surface area (Å²) in [6.07, 6.45) is -5.58. The first kappa shape index (κ1) is 28.8. The second kappa shape index (κ2) is 10.9. The molecule has 1 aliphatic heterocycles. The van der Waals surface area contributed by atoms with Gasteiger partial charge in [0.05, 0.1) is 6.54 Å². The molecule has 0 spiro atoms. The first-order valence-corrected chi connectivity index (χ1v) is 11.4. The minimum Gasteiger partial charge on any atom is -0.444 e.